The summed E-state index contributed by atoms with van der Waals surface area (Å²) in [6, 6.07) is 12.5. The second kappa shape index (κ2) is 6.91. The van der Waals surface area contributed by atoms with Crippen molar-refractivity contribution in [3.05, 3.63) is 54.4 Å². The van der Waals surface area contributed by atoms with E-state index in [1.54, 1.807) is 43.5 Å². The van der Waals surface area contributed by atoms with Crippen molar-refractivity contribution in [3.63, 3.8) is 0 Å². The molecule has 1 aliphatic heterocycles. The van der Waals surface area contributed by atoms with E-state index in [0.717, 1.165) is 0 Å². The molecule has 0 saturated carbocycles. The van der Waals surface area contributed by atoms with Crippen LogP contribution in [0.5, 0.6) is 5.75 Å². The number of carbonyl (C=O) groups is 2. The number of anilines is 1. The Morgan fingerprint density at radius 1 is 1.29 bits per heavy atom. The van der Waals surface area contributed by atoms with Gasteiger partial charge in [0.05, 0.1) is 17.1 Å². The first-order chi connectivity index (χ1) is 11.6. The minimum atomic E-state index is -0.393. The highest BCUT2D eigenvalue weighted by molar-refractivity contribution is 6.02. The molecule has 7 nitrogen and oxygen atoms in total. The van der Waals surface area contributed by atoms with Crippen molar-refractivity contribution in [2.24, 2.45) is 5.10 Å². The summed E-state index contributed by atoms with van der Waals surface area (Å²) in [6.07, 6.45) is 1.65. The van der Waals surface area contributed by atoms with Gasteiger partial charge in [0.1, 0.15) is 12.3 Å². The van der Waals surface area contributed by atoms with E-state index >= 15 is 0 Å². The van der Waals surface area contributed by atoms with E-state index in [1.807, 2.05) is 12.1 Å². The number of fused-ring (bicyclic) bond motifs is 1. The average Bonchev–Trinajstić information content (AvgIpc) is 2.63. The number of nitrogens with one attached hydrogen (secondary N) is 1. The van der Waals surface area contributed by atoms with Gasteiger partial charge in [0, 0.05) is 6.20 Å². The van der Waals surface area contributed by atoms with E-state index in [-0.39, 0.29) is 19.1 Å². The van der Waals surface area contributed by atoms with Crippen molar-refractivity contribution in [1.29, 1.82) is 0 Å². The van der Waals surface area contributed by atoms with E-state index in [2.05, 4.69) is 15.5 Å². The smallest absolute Gasteiger partial charge is 0.265 e. The number of aromatic nitrogens is 1. The Balaban J connectivity index is 1.68. The van der Waals surface area contributed by atoms with E-state index in [4.69, 9.17) is 4.74 Å². The Kier molecular flexibility index (Phi) is 4.51. The van der Waals surface area contributed by atoms with Crippen LogP contribution in [0.4, 0.5) is 5.69 Å². The van der Waals surface area contributed by atoms with Crippen LogP contribution in [0.3, 0.4) is 0 Å². The van der Waals surface area contributed by atoms with Crippen LogP contribution < -0.4 is 15.1 Å². The van der Waals surface area contributed by atoms with Gasteiger partial charge in [-0.05, 0) is 31.2 Å². The van der Waals surface area contributed by atoms with Crippen molar-refractivity contribution in [1.82, 2.24) is 10.4 Å². The number of hydrazone groups is 1. The number of nitrogens with zero attached hydrogens (tertiary/aromatic N) is 3. The Morgan fingerprint density at radius 3 is 2.88 bits per heavy atom. The molecule has 0 saturated heterocycles. The lowest BCUT2D eigenvalue weighted by molar-refractivity contribution is -0.125. The maximum absolute atomic E-state index is 12.1. The first kappa shape index (κ1) is 15.7. The van der Waals surface area contributed by atoms with Gasteiger partial charge in [-0.15, -0.1) is 0 Å². The molecule has 1 aromatic carbocycles. The van der Waals surface area contributed by atoms with Crippen LogP contribution in [0.15, 0.2) is 53.8 Å². The van der Waals surface area contributed by atoms with Gasteiger partial charge >= 0.3 is 0 Å². The molecule has 1 aliphatic rings. The number of para-hydroxylation sites is 2. The molecular formula is C17H16N4O3. The molecule has 7 heteroatoms. The van der Waals surface area contributed by atoms with Crippen molar-refractivity contribution in [2.45, 2.75) is 6.92 Å². The highest BCUT2D eigenvalue weighted by Gasteiger charge is 2.26. The zero-order chi connectivity index (χ0) is 16.9. The molecule has 0 atom stereocenters. The Hall–Kier alpha value is -3.22. The Labute approximate surface area is 139 Å². The van der Waals surface area contributed by atoms with E-state index in [0.29, 0.717) is 22.8 Å². The van der Waals surface area contributed by atoms with Crippen LogP contribution in [0.2, 0.25) is 0 Å². The molecule has 1 N–H and O–H groups in total. The largest absolute Gasteiger partial charge is 0.482 e. The van der Waals surface area contributed by atoms with Gasteiger partial charge in [-0.2, -0.15) is 5.10 Å². The van der Waals surface area contributed by atoms with Gasteiger partial charge in [0.25, 0.3) is 11.8 Å². The summed E-state index contributed by atoms with van der Waals surface area (Å²) in [5.74, 6) is -0.0809. The second-order valence-electron chi connectivity index (χ2n) is 5.18. The van der Waals surface area contributed by atoms with Crippen LogP contribution in [0.1, 0.15) is 12.6 Å². The third kappa shape index (κ3) is 3.40. The molecule has 2 heterocycles. The fraction of sp³-hybridized carbons (Fsp3) is 0.176. The standard InChI is InChI=1S/C17H16N4O3/c1-12(13-6-4-5-9-18-13)19-20-16(22)10-21-14-7-2-3-8-15(14)24-11-17(21)23/h2-9H,10-11H2,1H3,(H,20,22)/b19-12-. The van der Waals surface area contributed by atoms with E-state index in [1.165, 1.54) is 4.90 Å². The van der Waals surface area contributed by atoms with Gasteiger partial charge in [0.15, 0.2) is 6.61 Å². The first-order valence-electron chi connectivity index (χ1n) is 7.42. The summed E-state index contributed by atoms with van der Waals surface area (Å²) >= 11 is 0. The monoisotopic (exact) mass is 324 g/mol. The number of rotatable bonds is 4. The lowest BCUT2D eigenvalue weighted by Gasteiger charge is -2.28. The molecule has 1 aromatic heterocycles. The van der Waals surface area contributed by atoms with Gasteiger partial charge < -0.3 is 4.74 Å². The van der Waals surface area contributed by atoms with Gasteiger partial charge in [0.2, 0.25) is 0 Å². The van der Waals surface area contributed by atoms with Crippen LogP contribution >= 0.6 is 0 Å². The summed E-state index contributed by atoms with van der Waals surface area (Å²) < 4.78 is 5.34. The zero-order valence-corrected chi connectivity index (χ0v) is 13.1. The van der Waals surface area contributed by atoms with Gasteiger partial charge in [-0.3, -0.25) is 19.5 Å². The average molecular weight is 324 g/mol. The number of amides is 2. The fourth-order valence-electron chi connectivity index (χ4n) is 2.29. The first-order valence-corrected chi connectivity index (χ1v) is 7.42. The lowest BCUT2D eigenvalue weighted by Crippen LogP contribution is -2.44. The molecule has 0 unspecified atom stereocenters. The van der Waals surface area contributed by atoms with Crippen LogP contribution in [0, 0.1) is 0 Å². The highest BCUT2D eigenvalue weighted by Crippen LogP contribution is 2.31. The molecule has 2 aromatic rings. The van der Waals surface area contributed by atoms with Crippen molar-refractivity contribution in [2.75, 3.05) is 18.1 Å². The predicted octanol–water partition coefficient (Wildman–Crippen LogP) is 1.35. The Morgan fingerprint density at radius 2 is 2.08 bits per heavy atom. The highest BCUT2D eigenvalue weighted by atomic mass is 16.5. The number of carbonyl (C=O) groups excluding carboxylic acids is 2. The molecule has 24 heavy (non-hydrogen) atoms. The maximum Gasteiger partial charge on any atom is 0.265 e. The third-order valence-corrected chi connectivity index (χ3v) is 3.49. The molecule has 3 rings (SSSR count). The van der Waals surface area contributed by atoms with Crippen molar-refractivity contribution < 1.29 is 14.3 Å². The number of hydrogen-bond acceptors (Lipinski definition) is 5. The number of pyridine rings is 1. The maximum atomic E-state index is 12.1. The molecule has 0 spiro atoms. The number of benzene rings is 1. The Bertz CT molecular complexity index is 789. The molecule has 2 amide bonds. The van der Waals surface area contributed by atoms with E-state index in [9.17, 15) is 9.59 Å². The van der Waals surface area contributed by atoms with Crippen LogP contribution in [0.25, 0.3) is 0 Å². The molecule has 0 radical (unpaired) electrons. The normalized spacial score (nSPS) is 14.0. The predicted molar refractivity (Wildman–Crippen MR) is 88.9 cm³/mol. The van der Waals surface area contributed by atoms with Gasteiger partial charge in [-0.25, -0.2) is 5.43 Å². The van der Waals surface area contributed by atoms with Crippen molar-refractivity contribution >= 4 is 23.2 Å². The summed E-state index contributed by atoms with van der Waals surface area (Å²) in [5.41, 5.74) is 4.28. The van der Waals surface area contributed by atoms with Crippen LogP contribution in [-0.2, 0) is 9.59 Å². The lowest BCUT2D eigenvalue weighted by atomic mass is 10.2. The summed E-state index contributed by atoms with van der Waals surface area (Å²) in [4.78, 5) is 29.7. The summed E-state index contributed by atoms with van der Waals surface area (Å²) in [5, 5.41) is 4.03. The molecular weight excluding hydrogens is 308 g/mol. The topological polar surface area (TPSA) is 83.9 Å². The van der Waals surface area contributed by atoms with Gasteiger partial charge in [-0.1, -0.05) is 18.2 Å². The molecule has 0 fully saturated rings. The minimum Gasteiger partial charge on any atom is -0.482 e. The quantitative estimate of drug-likeness (QED) is 0.679. The van der Waals surface area contributed by atoms with Crippen molar-refractivity contribution in [3.8, 4) is 5.75 Å². The summed E-state index contributed by atoms with van der Waals surface area (Å²) in [6.45, 7) is 1.54. The number of ether oxygens (including phenoxy) is 1. The number of hydrogen-bond donors (Lipinski definition) is 1. The van der Waals surface area contributed by atoms with E-state index < -0.39 is 5.91 Å². The SMILES string of the molecule is C/C(=N/NC(=O)CN1C(=O)COc2ccccc21)c1ccccn1. The second-order valence-corrected chi connectivity index (χ2v) is 5.18. The molecule has 122 valence electrons. The zero-order valence-electron chi connectivity index (χ0n) is 13.1. The fourth-order valence-corrected chi connectivity index (χ4v) is 2.29. The minimum absolute atomic E-state index is 0.0828. The molecule has 0 aliphatic carbocycles. The third-order valence-electron chi connectivity index (χ3n) is 3.49. The molecule has 0 bridgehead atoms. The summed E-state index contributed by atoms with van der Waals surface area (Å²) in [7, 11) is 0. The van der Waals surface area contributed by atoms with Crippen LogP contribution in [-0.4, -0.2) is 35.7 Å².